The molecule has 2 heteroatoms. The highest BCUT2D eigenvalue weighted by Crippen LogP contribution is 2.32. The van der Waals surface area contributed by atoms with E-state index in [2.05, 4.69) is 30.6 Å². The van der Waals surface area contributed by atoms with Crippen molar-refractivity contribution in [1.82, 2.24) is 10.2 Å². The first kappa shape index (κ1) is 14.1. The number of nitrogens with zero attached hydrogens (tertiary/aromatic N) is 1. The van der Waals surface area contributed by atoms with E-state index in [0.29, 0.717) is 12.1 Å². The predicted molar refractivity (Wildman–Crippen MR) is 78.8 cm³/mol. The summed E-state index contributed by atoms with van der Waals surface area (Å²) in [7, 11) is 0. The van der Waals surface area contributed by atoms with Crippen LogP contribution in [0, 0.1) is 5.92 Å². The van der Waals surface area contributed by atoms with Gasteiger partial charge in [0.05, 0.1) is 0 Å². The van der Waals surface area contributed by atoms with E-state index in [1.165, 1.54) is 45.1 Å². The molecule has 3 unspecified atom stereocenters. The van der Waals surface area contributed by atoms with Gasteiger partial charge in [-0.1, -0.05) is 18.9 Å². The summed E-state index contributed by atoms with van der Waals surface area (Å²) in [5, 5.41) is 3.92. The van der Waals surface area contributed by atoms with Gasteiger partial charge in [-0.2, -0.15) is 0 Å². The van der Waals surface area contributed by atoms with Crippen molar-refractivity contribution in [1.29, 1.82) is 0 Å². The van der Waals surface area contributed by atoms with Gasteiger partial charge in [-0.3, -0.25) is 4.90 Å². The van der Waals surface area contributed by atoms with E-state index >= 15 is 0 Å². The zero-order valence-corrected chi connectivity index (χ0v) is 12.2. The lowest BCUT2D eigenvalue weighted by Gasteiger charge is -2.42. The van der Waals surface area contributed by atoms with Crippen molar-refractivity contribution in [3.63, 3.8) is 0 Å². The molecule has 0 radical (unpaired) electrons. The Balaban J connectivity index is 1.84. The van der Waals surface area contributed by atoms with Crippen LogP contribution >= 0.6 is 0 Å². The Kier molecular flexibility index (Phi) is 5.25. The van der Waals surface area contributed by atoms with E-state index in [1.807, 2.05) is 6.08 Å². The van der Waals surface area contributed by atoms with Gasteiger partial charge in [0.1, 0.15) is 0 Å². The molecule has 3 atom stereocenters. The quantitative estimate of drug-likeness (QED) is 0.754. The second-order valence-electron chi connectivity index (χ2n) is 6.43. The van der Waals surface area contributed by atoms with Crippen molar-refractivity contribution in [3.05, 3.63) is 12.7 Å². The first-order valence-electron chi connectivity index (χ1n) is 7.81. The van der Waals surface area contributed by atoms with E-state index in [-0.39, 0.29) is 0 Å². The minimum absolute atomic E-state index is 0.619. The van der Waals surface area contributed by atoms with Gasteiger partial charge in [0.2, 0.25) is 0 Å². The third kappa shape index (κ3) is 3.58. The highest BCUT2D eigenvalue weighted by atomic mass is 15.2. The molecule has 1 heterocycles. The van der Waals surface area contributed by atoms with Crippen LogP contribution in [0.3, 0.4) is 0 Å². The van der Waals surface area contributed by atoms with Crippen LogP contribution in [0.15, 0.2) is 12.7 Å². The molecule has 2 fully saturated rings. The second-order valence-corrected chi connectivity index (χ2v) is 6.43. The first-order valence-corrected chi connectivity index (χ1v) is 7.81. The molecule has 1 aliphatic heterocycles. The summed E-state index contributed by atoms with van der Waals surface area (Å²) in [4.78, 5) is 2.54. The lowest BCUT2D eigenvalue weighted by atomic mass is 9.77. The third-order valence-corrected chi connectivity index (χ3v) is 4.79. The summed E-state index contributed by atoms with van der Waals surface area (Å²) in [5.74, 6) is 0.974. The topological polar surface area (TPSA) is 15.3 Å². The summed E-state index contributed by atoms with van der Waals surface area (Å²) in [6.07, 6.45) is 10.6. The Morgan fingerprint density at radius 1 is 1.22 bits per heavy atom. The Hall–Kier alpha value is -0.340. The number of fused-ring (bicyclic) bond motifs is 1. The van der Waals surface area contributed by atoms with Crippen LogP contribution in [-0.4, -0.2) is 36.1 Å². The normalized spacial score (nSPS) is 32.6. The maximum absolute atomic E-state index is 3.92. The minimum Gasteiger partial charge on any atom is -0.310 e. The monoisotopic (exact) mass is 250 g/mol. The lowest BCUT2D eigenvalue weighted by molar-refractivity contribution is 0.136. The van der Waals surface area contributed by atoms with Crippen LogP contribution in [0.2, 0.25) is 0 Å². The van der Waals surface area contributed by atoms with Crippen LogP contribution in [0.4, 0.5) is 0 Å². The zero-order chi connectivity index (χ0) is 13.0. The average molecular weight is 250 g/mol. The number of nitrogens with one attached hydrogen (secondary N) is 1. The molecule has 1 saturated heterocycles. The Bertz CT molecular complexity index is 262. The summed E-state index contributed by atoms with van der Waals surface area (Å²) in [6, 6.07) is 2.14. The molecule has 1 N–H and O–H groups in total. The van der Waals surface area contributed by atoms with Crippen molar-refractivity contribution in [2.75, 3.05) is 13.1 Å². The van der Waals surface area contributed by atoms with Gasteiger partial charge >= 0.3 is 0 Å². The standard InChI is InChI=1S/C16H30N2/c1-4-11-18(13(2)3)12-15-10-9-14-7-5-6-8-16(14)17-15/h4,13-17H,1,5-12H2,2-3H3. The van der Waals surface area contributed by atoms with E-state index in [9.17, 15) is 0 Å². The molecular formula is C16H30N2. The minimum atomic E-state index is 0.619. The van der Waals surface area contributed by atoms with E-state index in [1.54, 1.807) is 0 Å². The van der Waals surface area contributed by atoms with Crippen LogP contribution in [-0.2, 0) is 0 Å². The number of rotatable bonds is 5. The van der Waals surface area contributed by atoms with Crippen molar-refractivity contribution in [2.45, 2.75) is 70.5 Å². The molecule has 0 amide bonds. The molecule has 1 saturated carbocycles. The molecule has 0 aromatic carbocycles. The van der Waals surface area contributed by atoms with Crippen molar-refractivity contribution >= 4 is 0 Å². The van der Waals surface area contributed by atoms with E-state index in [0.717, 1.165) is 18.5 Å². The fourth-order valence-corrected chi connectivity index (χ4v) is 3.66. The second kappa shape index (κ2) is 6.72. The molecule has 1 aliphatic carbocycles. The van der Waals surface area contributed by atoms with Gasteiger partial charge in [-0.15, -0.1) is 6.58 Å². The summed E-state index contributed by atoms with van der Waals surface area (Å²) in [5.41, 5.74) is 0. The predicted octanol–water partition coefficient (Wildman–Crippen LogP) is 3.19. The maximum Gasteiger partial charge on any atom is 0.0198 e. The maximum atomic E-state index is 3.92. The van der Waals surface area contributed by atoms with Crippen LogP contribution in [0.1, 0.15) is 52.4 Å². The first-order chi connectivity index (χ1) is 8.70. The molecule has 0 bridgehead atoms. The van der Waals surface area contributed by atoms with Crippen molar-refractivity contribution in [2.24, 2.45) is 5.92 Å². The van der Waals surface area contributed by atoms with Crippen LogP contribution in [0.25, 0.3) is 0 Å². The van der Waals surface area contributed by atoms with Gasteiger partial charge in [0, 0.05) is 31.2 Å². The summed E-state index contributed by atoms with van der Waals surface area (Å²) in [6.45, 7) is 10.7. The highest BCUT2D eigenvalue weighted by Gasteiger charge is 2.32. The fraction of sp³-hybridized carbons (Fsp3) is 0.875. The Morgan fingerprint density at radius 3 is 2.72 bits per heavy atom. The zero-order valence-electron chi connectivity index (χ0n) is 12.2. The SMILES string of the molecule is C=CCN(CC1CCC2CCCCC2N1)C(C)C. The Labute approximate surface area is 113 Å². The van der Waals surface area contributed by atoms with Gasteiger partial charge in [0.15, 0.2) is 0 Å². The van der Waals surface area contributed by atoms with Crippen LogP contribution < -0.4 is 5.32 Å². The third-order valence-electron chi connectivity index (χ3n) is 4.79. The molecule has 2 rings (SSSR count). The van der Waals surface area contributed by atoms with E-state index < -0.39 is 0 Å². The van der Waals surface area contributed by atoms with Crippen molar-refractivity contribution < 1.29 is 0 Å². The number of hydrogen-bond acceptors (Lipinski definition) is 2. The lowest BCUT2D eigenvalue weighted by Crippen LogP contribution is -2.53. The number of piperidine rings is 1. The van der Waals surface area contributed by atoms with Gasteiger partial charge in [-0.25, -0.2) is 0 Å². The van der Waals surface area contributed by atoms with Gasteiger partial charge < -0.3 is 5.32 Å². The summed E-state index contributed by atoms with van der Waals surface area (Å²) < 4.78 is 0. The van der Waals surface area contributed by atoms with Gasteiger partial charge in [0.25, 0.3) is 0 Å². The molecule has 104 valence electrons. The van der Waals surface area contributed by atoms with E-state index in [4.69, 9.17) is 0 Å². The Morgan fingerprint density at radius 2 is 2.00 bits per heavy atom. The smallest absolute Gasteiger partial charge is 0.0198 e. The average Bonchev–Trinajstić information content (AvgIpc) is 2.38. The molecule has 0 spiro atoms. The molecule has 0 aromatic heterocycles. The highest BCUT2D eigenvalue weighted by molar-refractivity contribution is 4.91. The molecule has 18 heavy (non-hydrogen) atoms. The molecule has 2 nitrogen and oxygen atoms in total. The van der Waals surface area contributed by atoms with Gasteiger partial charge in [-0.05, 0) is 45.4 Å². The molecular weight excluding hydrogens is 220 g/mol. The van der Waals surface area contributed by atoms with Crippen LogP contribution in [0.5, 0.6) is 0 Å². The van der Waals surface area contributed by atoms with Crippen molar-refractivity contribution in [3.8, 4) is 0 Å². The fourth-order valence-electron chi connectivity index (χ4n) is 3.66. The largest absolute Gasteiger partial charge is 0.310 e. The summed E-state index contributed by atoms with van der Waals surface area (Å²) >= 11 is 0. The molecule has 2 aliphatic rings. The number of hydrogen-bond donors (Lipinski definition) is 1. The molecule has 0 aromatic rings.